The number of benzene rings is 2. The molecule has 0 saturated carbocycles. The van der Waals surface area contributed by atoms with Crippen molar-refractivity contribution in [3.8, 4) is 11.3 Å². The second-order valence-corrected chi connectivity index (χ2v) is 6.65. The van der Waals surface area contributed by atoms with Gasteiger partial charge in [0.15, 0.2) is 11.7 Å². The molecule has 2 aromatic carbocycles. The zero-order valence-electron chi connectivity index (χ0n) is 14.7. The first-order valence-corrected chi connectivity index (χ1v) is 9.01. The molecule has 0 bridgehead atoms. The Morgan fingerprint density at radius 1 is 1.15 bits per heavy atom. The Labute approximate surface area is 158 Å². The molecule has 0 aliphatic rings. The first kappa shape index (κ1) is 18.2. The van der Waals surface area contributed by atoms with Gasteiger partial charge in [0.1, 0.15) is 0 Å². The van der Waals surface area contributed by atoms with Crippen LogP contribution in [0.4, 0.5) is 0 Å². The van der Waals surface area contributed by atoms with E-state index in [1.807, 2.05) is 18.2 Å². The number of carbonyl (C=O) groups excluding carboxylic acids is 1. The minimum atomic E-state index is 0.00361. The summed E-state index contributed by atoms with van der Waals surface area (Å²) in [6.07, 6.45) is 3.33. The predicted octanol–water partition coefficient (Wildman–Crippen LogP) is 4.59. The Bertz CT molecular complexity index is 872. The van der Waals surface area contributed by atoms with E-state index >= 15 is 0 Å². The average Bonchev–Trinajstić information content (AvgIpc) is 3.10. The molecule has 0 fully saturated rings. The molecule has 5 heteroatoms. The van der Waals surface area contributed by atoms with Gasteiger partial charge in [-0.15, -0.1) is 0 Å². The molecule has 134 valence electrons. The van der Waals surface area contributed by atoms with Gasteiger partial charge in [0.05, 0.1) is 6.20 Å². The Morgan fingerprint density at radius 2 is 1.96 bits per heavy atom. The minimum absolute atomic E-state index is 0.00361. The second-order valence-electron chi connectivity index (χ2n) is 6.21. The van der Waals surface area contributed by atoms with Crippen LogP contribution in [0, 0.1) is 6.92 Å². The van der Waals surface area contributed by atoms with Crippen molar-refractivity contribution in [3.63, 3.8) is 0 Å². The number of carbonyl (C=O) groups is 1. The fraction of sp³-hybridized carbons (Fsp3) is 0.238. The molecule has 1 heterocycles. The fourth-order valence-corrected chi connectivity index (χ4v) is 2.82. The van der Waals surface area contributed by atoms with E-state index in [-0.39, 0.29) is 5.91 Å². The molecule has 0 atom stereocenters. The topological polar surface area (TPSA) is 55.1 Å². The van der Waals surface area contributed by atoms with Crippen LogP contribution in [0.5, 0.6) is 0 Å². The van der Waals surface area contributed by atoms with Gasteiger partial charge >= 0.3 is 0 Å². The van der Waals surface area contributed by atoms with Crippen LogP contribution >= 0.6 is 11.6 Å². The van der Waals surface area contributed by atoms with Crippen molar-refractivity contribution in [1.29, 1.82) is 0 Å². The van der Waals surface area contributed by atoms with Crippen LogP contribution in [0.25, 0.3) is 11.3 Å². The molecule has 0 saturated heterocycles. The van der Waals surface area contributed by atoms with Crippen LogP contribution in [-0.2, 0) is 17.6 Å². The number of nitrogens with one attached hydrogen (secondary N) is 1. The van der Waals surface area contributed by atoms with Gasteiger partial charge in [0, 0.05) is 30.0 Å². The number of nitrogens with zero attached hydrogens (tertiary/aromatic N) is 1. The van der Waals surface area contributed by atoms with Gasteiger partial charge in [-0.2, -0.15) is 0 Å². The van der Waals surface area contributed by atoms with E-state index in [2.05, 4.69) is 35.4 Å². The number of aromatic nitrogens is 1. The van der Waals surface area contributed by atoms with Crippen LogP contribution in [-0.4, -0.2) is 17.4 Å². The summed E-state index contributed by atoms with van der Waals surface area (Å²) in [7, 11) is 0. The van der Waals surface area contributed by atoms with E-state index in [4.69, 9.17) is 16.0 Å². The highest BCUT2D eigenvalue weighted by Crippen LogP contribution is 2.22. The summed E-state index contributed by atoms with van der Waals surface area (Å²) >= 11 is 5.89. The number of aryl methyl sites for hydroxylation is 2. The Kier molecular flexibility index (Phi) is 6.08. The SMILES string of the molecule is Cc1cccc(CCNC(=O)CCc2ncc(-c3ccc(Cl)cc3)o2)c1. The summed E-state index contributed by atoms with van der Waals surface area (Å²) in [5, 5.41) is 3.62. The third-order valence-electron chi connectivity index (χ3n) is 4.07. The summed E-state index contributed by atoms with van der Waals surface area (Å²) in [5.41, 5.74) is 3.37. The number of halogens is 1. The molecular formula is C21H21ClN2O2. The van der Waals surface area contributed by atoms with E-state index in [0.29, 0.717) is 36.1 Å². The fourth-order valence-electron chi connectivity index (χ4n) is 2.70. The van der Waals surface area contributed by atoms with E-state index in [1.165, 1.54) is 11.1 Å². The van der Waals surface area contributed by atoms with Gasteiger partial charge in [0.25, 0.3) is 0 Å². The number of hydrogen-bond donors (Lipinski definition) is 1. The summed E-state index contributed by atoms with van der Waals surface area (Å²) in [6, 6.07) is 15.7. The van der Waals surface area contributed by atoms with E-state index in [0.717, 1.165) is 12.0 Å². The van der Waals surface area contributed by atoms with Crippen molar-refractivity contribution in [3.05, 3.63) is 76.8 Å². The Hall–Kier alpha value is -2.59. The van der Waals surface area contributed by atoms with Crippen LogP contribution in [0.3, 0.4) is 0 Å². The standard InChI is InChI=1S/C21H21ClN2O2/c1-15-3-2-4-16(13-15)11-12-23-20(25)9-10-21-24-14-19(26-21)17-5-7-18(22)8-6-17/h2-8,13-14H,9-12H2,1H3,(H,23,25). The molecule has 1 aromatic heterocycles. The molecule has 1 N–H and O–H groups in total. The monoisotopic (exact) mass is 368 g/mol. The summed E-state index contributed by atoms with van der Waals surface area (Å²) < 4.78 is 5.71. The third kappa shape index (κ3) is 5.20. The van der Waals surface area contributed by atoms with Crippen molar-refractivity contribution < 1.29 is 9.21 Å². The lowest BCUT2D eigenvalue weighted by Crippen LogP contribution is -2.25. The zero-order valence-corrected chi connectivity index (χ0v) is 15.4. The van der Waals surface area contributed by atoms with Gasteiger partial charge in [0.2, 0.25) is 5.91 Å². The lowest BCUT2D eigenvalue weighted by atomic mass is 10.1. The highest BCUT2D eigenvalue weighted by Gasteiger charge is 2.09. The van der Waals surface area contributed by atoms with Crippen molar-refractivity contribution in [2.24, 2.45) is 0 Å². The molecular weight excluding hydrogens is 348 g/mol. The van der Waals surface area contributed by atoms with Gasteiger partial charge in [-0.25, -0.2) is 4.98 Å². The van der Waals surface area contributed by atoms with Crippen LogP contribution in [0.1, 0.15) is 23.4 Å². The molecule has 0 aliphatic heterocycles. The zero-order chi connectivity index (χ0) is 18.4. The summed E-state index contributed by atoms with van der Waals surface area (Å²) in [5.74, 6) is 1.24. The lowest BCUT2D eigenvalue weighted by Gasteiger charge is -2.05. The number of rotatable bonds is 7. The summed E-state index contributed by atoms with van der Waals surface area (Å²) in [4.78, 5) is 16.2. The quantitative estimate of drug-likeness (QED) is 0.663. The minimum Gasteiger partial charge on any atom is -0.441 e. The van der Waals surface area contributed by atoms with Crippen molar-refractivity contribution in [2.45, 2.75) is 26.2 Å². The second kappa shape index (κ2) is 8.68. The molecule has 4 nitrogen and oxygen atoms in total. The van der Waals surface area contributed by atoms with Crippen molar-refractivity contribution in [1.82, 2.24) is 10.3 Å². The van der Waals surface area contributed by atoms with E-state index in [1.54, 1.807) is 18.3 Å². The molecule has 3 aromatic rings. The largest absolute Gasteiger partial charge is 0.441 e. The molecule has 1 amide bonds. The lowest BCUT2D eigenvalue weighted by molar-refractivity contribution is -0.121. The molecule has 26 heavy (non-hydrogen) atoms. The molecule has 3 rings (SSSR count). The van der Waals surface area contributed by atoms with Gasteiger partial charge in [-0.1, -0.05) is 41.4 Å². The number of oxazole rings is 1. The Balaban J connectivity index is 1.44. The normalized spacial score (nSPS) is 10.7. The Morgan fingerprint density at radius 3 is 2.73 bits per heavy atom. The number of hydrogen-bond acceptors (Lipinski definition) is 3. The summed E-state index contributed by atoms with van der Waals surface area (Å²) in [6.45, 7) is 2.70. The van der Waals surface area contributed by atoms with E-state index in [9.17, 15) is 4.79 Å². The first-order valence-electron chi connectivity index (χ1n) is 8.63. The van der Waals surface area contributed by atoms with Gasteiger partial charge < -0.3 is 9.73 Å². The highest BCUT2D eigenvalue weighted by molar-refractivity contribution is 6.30. The van der Waals surface area contributed by atoms with Crippen molar-refractivity contribution in [2.75, 3.05) is 6.54 Å². The molecule has 0 unspecified atom stereocenters. The van der Waals surface area contributed by atoms with Crippen molar-refractivity contribution >= 4 is 17.5 Å². The van der Waals surface area contributed by atoms with Gasteiger partial charge in [-0.05, 0) is 43.2 Å². The van der Waals surface area contributed by atoms with E-state index < -0.39 is 0 Å². The number of amides is 1. The molecule has 0 radical (unpaired) electrons. The highest BCUT2D eigenvalue weighted by atomic mass is 35.5. The molecule has 0 aliphatic carbocycles. The maximum Gasteiger partial charge on any atom is 0.220 e. The smallest absolute Gasteiger partial charge is 0.220 e. The van der Waals surface area contributed by atoms with Gasteiger partial charge in [-0.3, -0.25) is 4.79 Å². The molecule has 0 spiro atoms. The predicted molar refractivity (Wildman–Crippen MR) is 103 cm³/mol. The van der Waals surface area contributed by atoms with Crippen LogP contribution in [0.15, 0.2) is 59.1 Å². The van der Waals surface area contributed by atoms with Crippen LogP contribution in [0.2, 0.25) is 5.02 Å². The first-order chi connectivity index (χ1) is 12.6. The third-order valence-corrected chi connectivity index (χ3v) is 4.32. The maximum atomic E-state index is 12.0. The maximum absolute atomic E-state index is 12.0. The van der Waals surface area contributed by atoms with Crippen LogP contribution < -0.4 is 5.32 Å². The average molecular weight is 369 g/mol.